The summed E-state index contributed by atoms with van der Waals surface area (Å²) in [5.74, 6) is -5.66. The fourth-order valence-electron chi connectivity index (χ4n) is 2.55. The Balaban J connectivity index is 3.22. The minimum atomic E-state index is -1.25. The average Bonchev–Trinajstić information content (AvgIpc) is 2.94. The topological polar surface area (TPSA) is 117 Å². The Bertz CT molecular complexity index is 435. The summed E-state index contributed by atoms with van der Waals surface area (Å²) in [6.07, 6.45) is 0. The highest BCUT2D eigenvalue weighted by Gasteiger charge is 2.57. The van der Waals surface area contributed by atoms with E-state index < -0.39 is 47.8 Å². The molecule has 1 aliphatic heterocycles. The minimum Gasteiger partial charge on any atom is -0.469 e. The molecule has 0 aromatic heterocycles. The van der Waals surface area contributed by atoms with Crippen molar-refractivity contribution in [1.29, 1.82) is 0 Å². The number of hydrogen-bond donors (Lipinski definition) is 1. The molecule has 1 aliphatic rings. The van der Waals surface area contributed by atoms with Crippen molar-refractivity contribution in [2.75, 3.05) is 27.4 Å². The quantitative estimate of drug-likeness (QED) is 0.484. The Labute approximate surface area is 133 Å². The SMILES string of the molecule is CCOC(=O)[C@@H]1N[C@@H](C(=O)OCC)[C@H](C(=O)OC)[C@H]1C(=O)OC. The van der Waals surface area contributed by atoms with E-state index in [0.717, 1.165) is 14.2 Å². The fraction of sp³-hybridized carbons (Fsp3) is 0.714. The zero-order chi connectivity index (χ0) is 17.6. The summed E-state index contributed by atoms with van der Waals surface area (Å²) in [5.41, 5.74) is 0. The summed E-state index contributed by atoms with van der Waals surface area (Å²) in [6.45, 7) is 3.36. The van der Waals surface area contributed by atoms with Crippen molar-refractivity contribution in [3.8, 4) is 0 Å². The lowest BCUT2D eigenvalue weighted by molar-refractivity contribution is -0.162. The van der Waals surface area contributed by atoms with Crippen LogP contribution in [0.2, 0.25) is 0 Å². The van der Waals surface area contributed by atoms with Gasteiger partial charge in [0.25, 0.3) is 0 Å². The van der Waals surface area contributed by atoms with Gasteiger partial charge in [-0.2, -0.15) is 0 Å². The summed E-state index contributed by atoms with van der Waals surface area (Å²) in [4.78, 5) is 48.2. The molecule has 4 atom stereocenters. The predicted molar refractivity (Wildman–Crippen MR) is 75.0 cm³/mol. The summed E-state index contributed by atoms with van der Waals surface area (Å²) in [7, 11) is 2.24. The minimum absolute atomic E-state index is 0.0812. The van der Waals surface area contributed by atoms with Crippen LogP contribution in [0.1, 0.15) is 13.8 Å². The predicted octanol–water partition coefficient (Wildman–Crippen LogP) is -0.969. The van der Waals surface area contributed by atoms with Crippen molar-refractivity contribution >= 4 is 23.9 Å². The van der Waals surface area contributed by atoms with E-state index in [9.17, 15) is 19.2 Å². The highest BCUT2D eigenvalue weighted by molar-refractivity contribution is 5.95. The van der Waals surface area contributed by atoms with Gasteiger partial charge < -0.3 is 18.9 Å². The maximum Gasteiger partial charge on any atom is 0.324 e. The number of methoxy groups -OCH3 is 2. The van der Waals surface area contributed by atoms with Crippen LogP contribution in [-0.4, -0.2) is 63.4 Å². The molecule has 1 N–H and O–H groups in total. The molecule has 0 unspecified atom stereocenters. The van der Waals surface area contributed by atoms with Gasteiger partial charge in [-0.05, 0) is 13.8 Å². The van der Waals surface area contributed by atoms with E-state index in [1.165, 1.54) is 0 Å². The van der Waals surface area contributed by atoms with E-state index in [0.29, 0.717) is 0 Å². The Hall–Kier alpha value is -2.16. The third kappa shape index (κ3) is 3.98. The molecule has 1 heterocycles. The van der Waals surface area contributed by atoms with Crippen LogP contribution in [-0.2, 0) is 38.1 Å². The molecule has 1 fully saturated rings. The molecule has 1 saturated heterocycles. The first-order chi connectivity index (χ1) is 10.9. The maximum absolute atomic E-state index is 12.1. The van der Waals surface area contributed by atoms with Crippen LogP contribution in [0, 0.1) is 11.8 Å². The number of carbonyl (C=O) groups is 4. The third-order valence-electron chi connectivity index (χ3n) is 3.49. The van der Waals surface area contributed by atoms with E-state index in [2.05, 4.69) is 14.8 Å². The molecule has 23 heavy (non-hydrogen) atoms. The van der Waals surface area contributed by atoms with Gasteiger partial charge in [0, 0.05) is 0 Å². The molecule has 130 valence electrons. The number of ether oxygens (including phenoxy) is 4. The van der Waals surface area contributed by atoms with Crippen LogP contribution >= 0.6 is 0 Å². The van der Waals surface area contributed by atoms with Gasteiger partial charge in [-0.3, -0.25) is 24.5 Å². The molecule has 0 amide bonds. The van der Waals surface area contributed by atoms with Crippen molar-refractivity contribution in [3.63, 3.8) is 0 Å². The van der Waals surface area contributed by atoms with Gasteiger partial charge in [0.15, 0.2) is 0 Å². The van der Waals surface area contributed by atoms with E-state index in [4.69, 9.17) is 9.47 Å². The summed E-state index contributed by atoms with van der Waals surface area (Å²) >= 11 is 0. The van der Waals surface area contributed by atoms with Crippen LogP contribution in [0.4, 0.5) is 0 Å². The molecule has 0 bridgehead atoms. The second-order valence-corrected chi connectivity index (χ2v) is 4.72. The monoisotopic (exact) mass is 331 g/mol. The number of rotatable bonds is 6. The molecule has 9 nitrogen and oxygen atoms in total. The second kappa shape index (κ2) is 8.47. The van der Waals surface area contributed by atoms with Crippen LogP contribution < -0.4 is 5.32 Å². The Morgan fingerprint density at radius 2 is 1.09 bits per heavy atom. The first-order valence-corrected chi connectivity index (χ1v) is 7.17. The lowest BCUT2D eigenvalue weighted by atomic mass is 9.86. The molecular weight excluding hydrogens is 310 g/mol. The number of hydrogen-bond acceptors (Lipinski definition) is 9. The molecule has 0 radical (unpaired) electrons. The van der Waals surface area contributed by atoms with E-state index >= 15 is 0 Å². The lowest BCUT2D eigenvalue weighted by Crippen LogP contribution is -2.44. The fourth-order valence-corrected chi connectivity index (χ4v) is 2.55. The summed E-state index contributed by atoms with van der Waals surface area (Å²) in [6, 6.07) is -2.41. The van der Waals surface area contributed by atoms with Crippen molar-refractivity contribution in [1.82, 2.24) is 5.32 Å². The molecule has 0 aromatic rings. The molecular formula is C14H21NO8. The van der Waals surface area contributed by atoms with E-state index in [1.54, 1.807) is 13.8 Å². The molecule has 1 rings (SSSR count). The molecule has 0 aliphatic carbocycles. The van der Waals surface area contributed by atoms with Crippen LogP contribution in [0.25, 0.3) is 0 Å². The van der Waals surface area contributed by atoms with Gasteiger partial charge in [0.1, 0.15) is 12.1 Å². The maximum atomic E-state index is 12.1. The van der Waals surface area contributed by atoms with Crippen LogP contribution in [0.5, 0.6) is 0 Å². The standard InChI is InChI=1S/C14H21NO8/c1-5-22-13(18)9-7(11(16)20-3)8(12(17)21-4)10(15-9)14(19)23-6-2/h7-10,15H,5-6H2,1-4H3/t7-,8-,9-,10-/m1/s1. The number of nitrogens with one attached hydrogen (secondary N) is 1. The highest BCUT2D eigenvalue weighted by Crippen LogP contribution is 2.31. The Kier molecular flexibility index (Phi) is 6.95. The Morgan fingerprint density at radius 1 is 0.739 bits per heavy atom. The third-order valence-corrected chi connectivity index (χ3v) is 3.49. The van der Waals surface area contributed by atoms with Crippen molar-refractivity contribution in [3.05, 3.63) is 0 Å². The van der Waals surface area contributed by atoms with Gasteiger partial charge in [0.2, 0.25) is 0 Å². The zero-order valence-corrected chi connectivity index (χ0v) is 13.5. The summed E-state index contributed by atoms with van der Waals surface area (Å²) in [5, 5.41) is 2.64. The van der Waals surface area contributed by atoms with Crippen LogP contribution in [0.3, 0.4) is 0 Å². The Morgan fingerprint density at radius 3 is 1.35 bits per heavy atom. The smallest absolute Gasteiger partial charge is 0.324 e. The van der Waals surface area contributed by atoms with Gasteiger partial charge in [-0.15, -0.1) is 0 Å². The van der Waals surface area contributed by atoms with Crippen LogP contribution in [0.15, 0.2) is 0 Å². The largest absolute Gasteiger partial charge is 0.469 e. The molecule has 0 spiro atoms. The lowest BCUT2D eigenvalue weighted by Gasteiger charge is -2.20. The summed E-state index contributed by atoms with van der Waals surface area (Å²) < 4.78 is 19.1. The van der Waals surface area contributed by atoms with Crippen molar-refractivity contribution < 1.29 is 38.1 Å². The number of esters is 4. The van der Waals surface area contributed by atoms with Crippen molar-refractivity contribution in [2.24, 2.45) is 11.8 Å². The zero-order valence-electron chi connectivity index (χ0n) is 13.5. The first kappa shape index (κ1) is 18.9. The highest BCUT2D eigenvalue weighted by atomic mass is 16.5. The van der Waals surface area contributed by atoms with Crippen molar-refractivity contribution in [2.45, 2.75) is 25.9 Å². The normalized spacial score (nSPS) is 26.3. The molecule has 0 saturated carbocycles. The molecule has 0 aromatic carbocycles. The van der Waals surface area contributed by atoms with Gasteiger partial charge in [-0.25, -0.2) is 0 Å². The second-order valence-electron chi connectivity index (χ2n) is 4.72. The van der Waals surface area contributed by atoms with Gasteiger partial charge in [-0.1, -0.05) is 0 Å². The first-order valence-electron chi connectivity index (χ1n) is 7.17. The van der Waals surface area contributed by atoms with Gasteiger partial charge in [0.05, 0.1) is 39.3 Å². The van der Waals surface area contributed by atoms with E-state index in [-0.39, 0.29) is 13.2 Å². The molecule has 9 heteroatoms. The average molecular weight is 331 g/mol. The van der Waals surface area contributed by atoms with Gasteiger partial charge >= 0.3 is 23.9 Å². The number of carbonyl (C=O) groups excluding carboxylic acids is 4. The van der Waals surface area contributed by atoms with E-state index in [1.807, 2.05) is 0 Å².